The molecule has 0 saturated heterocycles. The van der Waals surface area contributed by atoms with E-state index < -0.39 is 0 Å². The minimum atomic E-state index is -0.282. The minimum absolute atomic E-state index is 0.0624. The number of hydrogen-bond donors (Lipinski definition) is 2. The van der Waals surface area contributed by atoms with Gasteiger partial charge in [0, 0.05) is 28.8 Å². The number of rotatable bonds is 10. The van der Waals surface area contributed by atoms with Crippen LogP contribution in [0.25, 0.3) is 11.3 Å². The number of phenolic OH excluding ortho intramolecular Hbond substituents is 1. The summed E-state index contributed by atoms with van der Waals surface area (Å²) in [6.07, 6.45) is 0. The molecule has 1 amide bonds. The first-order valence-electron chi connectivity index (χ1n) is 12.6. The molecule has 0 saturated carbocycles. The number of amides is 1. The van der Waals surface area contributed by atoms with Crippen LogP contribution in [0.1, 0.15) is 29.2 Å². The van der Waals surface area contributed by atoms with Gasteiger partial charge < -0.3 is 19.9 Å². The zero-order valence-electron chi connectivity index (χ0n) is 21.4. The van der Waals surface area contributed by atoms with Crippen LogP contribution in [0, 0.1) is 0 Å². The number of halogens is 1. The highest BCUT2D eigenvalue weighted by Crippen LogP contribution is 2.45. The Morgan fingerprint density at radius 1 is 0.846 bits per heavy atom. The van der Waals surface area contributed by atoms with Crippen molar-refractivity contribution in [3.63, 3.8) is 0 Å². The van der Waals surface area contributed by atoms with Crippen LogP contribution in [0.3, 0.4) is 0 Å². The largest absolute Gasteiger partial charge is 0.504 e. The van der Waals surface area contributed by atoms with Gasteiger partial charge in [0.2, 0.25) is 0 Å². The van der Waals surface area contributed by atoms with E-state index in [1.807, 2.05) is 79.7 Å². The molecule has 0 aromatic heterocycles. The maximum absolute atomic E-state index is 12.8. The van der Waals surface area contributed by atoms with Crippen molar-refractivity contribution in [1.29, 1.82) is 0 Å². The lowest BCUT2D eigenvalue weighted by Crippen LogP contribution is -2.34. The second-order valence-corrected chi connectivity index (χ2v) is 9.35. The highest BCUT2D eigenvalue weighted by molar-refractivity contribution is 6.62. The van der Waals surface area contributed by atoms with Crippen molar-refractivity contribution < 1.29 is 19.4 Å². The molecule has 0 radical (unpaired) electrons. The summed E-state index contributed by atoms with van der Waals surface area (Å²) in [5, 5.41) is 14.3. The predicted molar refractivity (Wildman–Crippen MR) is 154 cm³/mol. The molecular weight excluding hydrogens is 512 g/mol. The number of nitrogens with one attached hydrogen (secondary N) is 1. The molecule has 1 aliphatic rings. The molecule has 1 heterocycles. The molecule has 0 unspecified atom stereocenters. The smallest absolute Gasteiger partial charge is 0.270 e. The molecule has 5 rings (SSSR count). The number of phenols is 1. The number of ether oxygens (including phenoxy) is 2. The van der Waals surface area contributed by atoms with Gasteiger partial charge in [0.25, 0.3) is 5.91 Å². The molecule has 6 nitrogen and oxygen atoms in total. The molecule has 196 valence electrons. The van der Waals surface area contributed by atoms with Crippen molar-refractivity contribution in [1.82, 2.24) is 5.32 Å². The molecule has 0 aliphatic carbocycles. The normalized spacial score (nSPS) is 12.4. The van der Waals surface area contributed by atoms with E-state index in [4.69, 9.17) is 21.1 Å². The van der Waals surface area contributed by atoms with E-state index in [9.17, 15) is 9.90 Å². The predicted octanol–water partition coefficient (Wildman–Crippen LogP) is 6.66. The van der Waals surface area contributed by atoms with Crippen molar-refractivity contribution >= 4 is 34.5 Å². The topological polar surface area (TPSA) is 80.2 Å². The van der Waals surface area contributed by atoms with Crippen LogP contribution >= 0.6 is 11.6 Å². The first-order chi connectivity index (χ1) is 19.0. The fourth-order valence-corrected chi connectivity index (χ4v) is 4.43. The molecule has 39 heavy (non-hydrogen) atoms. The zero-order chi connectivity index (χ0) is 27.2. The fraction of sp³-hybridized carbons (Fsp3) is 0.125. The molecule has 0 spiro atoms. The maximum atomic E-state index is 12.8. The van der Waals surface area contributed by atoms with Gasteiger partial charge in [-0.25, -0.2) is 4.99 Å². The third-order valence-electron chi connectivity index (χ3n) is 6.15. The molecule has 0 bridgehead atoms. The highest BCUT2D eigenvalue weighted by Gasteiger charge is 2.32. The molecule has 4 aromatic rings. The lowest BCUT2D eigenvalue weighted by molar-refractivity contribution is -0.114. The second kappa shape index (κ2) is 11.9. The summed E-state index contributed by atoms with van der Waals surface area (Å²) >= 11 is 6.29. The van der Waals surface area contributed by atoms with Crippen LogP contribution in [0.2, 0.25) is 5.02 Å². The van der Waals surface area contributed by atoms with Crippen LogP contribution in [0.5, 0.6) is 17.2 Å². The molecule has 1 aliphatic heterocycles. The fourth-order valence-electron chi connectivity index (χ4n) is 4.24. The Morgan fingerprint density at radius 2 is 1.49 bits per heavy atom. The van der Waals surface area contributed by atoms with Gasteiger partial charge in [-0.2, -0.15) is 0 Å². The van der Waals surface area contributed by atoms with Gasteiger partial charge in [-0.15, -0.1) is 0 Å². The number of hydrogen-bond acceptors (Lipinski definition) is 5. The van der Waals surface area contributed by atoms with Gasteiger partial charge in [0.05, 0.1) is 5.70 Å². The Morgan fingerprint density at radius 3 is 2.10 bits per heavy atom. The Balaban J connectivity index is 1.56. The SMILES string of the molecule is CCNC(=O)C1=NC(c2cc(O)c(OCc3ccccc3)cc2OCc2ccccc2)=C1c1cccc(Cl)c1. The molecule has 0 atom stereocenters. The molecule has 0 fully saturated rings. The molecule has 7 heteroatoms. The molecular formula is C32H27ClN2O4. The summed E-state index contributed by atoms with van der Waals surface area (Å²) in [6, 6.07) is 30.0. The average molecular weight is 539 g/mol. The van der Waals surface area contributed by atoms with Gasteiger partial charge in [-0.1, -0.05) is 84.4 Å². The zero-order valence-corrected chi connectivity index (χ0v) is 22.1. The van der Waals surface area contributed by atoms with Gasteiger partial charge >= 0.3 is 0 Å². The van der Waals surface area contributed by atoms with Crippen molar-refractivity contribution in [3.05, 3.63) is 124 Å². The monoisotopic (exact) mass is 538 g/mol. The lowest BCUT2D eigenvalue weighted by atomic mass is 9.90. The van der Waals surface area contributed by atoms with E-state index >= 15 is 0 Å². The summed E-state index contributed by atoms with van der Waals surface area (Å²) < 4.78 is 12.2. The van der Waals surface area contributed by atoms with Crippen LogP contribution in [-0.2, 0) is 18.0 Å². The van der Waals surface area contributed by atoms with Crippen molar-refractivity contribution in [2.24, 2.45) is 4.99 Å². The molecule has 4 aromatic carbocycles. The van der Waals surface area contributed by atoms with Crippen molar-refractivity contribution in [2.75, 3.05) is 6.54 Å². The molecule has 2 N–H and O–H groups in total. The van der Waals surface area contributed by atoms with E-state index in [1.165, 1.54) is 0 Å². The van der Waals surface area contributed by atoms with Gasteiger partial charge in [0.1, 0.15) is 24.7 Å². The number of aliphatic imine (C=N–C) groups is 1. The average Bonchev–Trinajstić information content (AvgIpc) is 2.93. The number of nitrogens with zero attached hydrogens (tertiary/aromatic N) is 1. The third-order valence-corrected chi connectivity index (χ3v) is 6.39. The third kappa shape index (κ3) is 5.97. The number of aromatic hydroxyl groups is 1. The van der Waals surface area contributed by atoms with Gasteiger partial charge in [-0.05, 0) is 41.8 Å². The number of carbonyl (C=O) groups is 1. The first-order valence-corrected chi connectivity index (χ1v) is 13.0. The van der Waals surface area contributed by atoms with Crippen molar-refractivity contribution in [2.45, 2.75) is 20.1 Å². The summed E-state index contributed by atoms with van der Waals surface area (Å²) in [5.74, 6) is 0.401. The van der Waals surface area contributed by atoms with Crippen molar-refractivity contribution in [3.8, 4) is 17.2 Å². The Kier molecular flexibility index (Phi) is 7.94. The Hall–Kier alpha value is -4.55. The number of carbonyl (C=O) groups excluding carboxylic acids is 1. The van der Waals surface area contributed by atoms with E-state index in [0.29, 0.717) is 46.5 Å². The maximum Gasteiger partial charge on any atom is 0.270 e. The number of benzene rings is 4. The Bertz CT molecular complexity index is 1550. The lowest BCUT2D eigenvalue weighted by Gasteiger charge is -2.25. The van der Waals surface area contributed by atoms with Crippen LogP contribution < -0.4 is 14.8 Å². The summed E-state index contributed by atoms with van der Waals surface area (Å²) in [6.45, 7) is 2.89. The standard InChI is InChI=1S/C32H27ClN2O4/c1-2-34-32(37)31-29(23-14-9-15-24(33)16-23)30(35-31)25-17-26(36)28(39-20-22-12-7-4-8-13-22)18-27(25)38-19-21-10-5-3-6-11-21/h3-18,36H,2,19-20H2,1H3,(H,34,37). The summed E-state index contributed by atoms with van der Waals surface area (Å²) in [5.41, 5.74) is 4.68. The summed E-state index contributed by atoms with van der Waals surface area (Å²) in [4.78, 5) is 17.4. The van der Waals surface area contributed by atoms with E-state index in [1.54, 1.807) is 24.3 Å². The van der Waals surface area contributed by atoms with Crippen LogP contribution in [0.15, 0.2) is 102 Å². The Labute approximate surface area is 232 Å². The second-order valence-electron chi connectivity index (χ2n) is 8.92. The quantitative estimate of drug-likeness (QED) is 0.236. The van der Waals surface area contributed by atoms with Gasteiger partial charge in [0.15, 0.2) is 11.5 Å². The van der Waals surface area contributed by atoms with E-state index in [0.717, 1.165) is 16.7 Å². The van der Waals surface area contributed by atoms with Crippen LogP contribution in [-0.4, -0.2) is 23.3 Å². The summed E-state index contributed by atoms with van der Waals surface area (Å²) in [7, 11) is 0. The van der Waals surface area contributed by atoms with E-state index in [-0.39, 0.29) is 24.0 Å². The van der Waals surface area contributed by atoms with Crippen LogP contribution in [0.4, 0.5) is 0 Å². The van der Waals surface area contributed by atoms with Gasteiger partial charge in [-0.3, -0.25) is 4.79 Å². The van der Waals surface area contributed by atoms with E-state index in [2.05, 4.69) is 10.3 Å². The highest BCUT2D eigenvalue weighted by atomic mass is 35.5. The minimum Gasteiger partial charge on any atom is -0.504 e. The first kappa shape index (κ1) is 26.1.